The number of para-hydroxylation sites is 1. The van der Waals surface area contributed by atoms with Crippen LogP contribution in [0.15, 0.2) is 30.5 Å². The number of nitrogens with one attached hydrogen (secondary N) is 14. The topological polar surface area (TPSA) is 666 Å². The van der Waals surface area contributed by atoms with E-state index < -0.39 is 179 Å². The van der Waals surface area contributed by atoms with Crippen LogP contribution in [0.1, 0.15) is 275 Å². The van der Waals surface area contributed by atoms with Crippen molar-refractivity contribution in [3.8, 4) is 0 Å². The highest BCUT2D eigenvalue weighted by Gasteiger charge is 2.43. The molecule has 0 spiro atoms. The van der Waals surface area contributed by atoms with Crippen LogP contribution in [0.25, 0.3) is 10.9 Å². The van der Waals surface area contributed by atoms with E-state index in [1.807, 2.05) is 107 Å². The first-order valence-electron chi connectivity index (χ1n) is 48.9. The normalized spacial score (nSPS) is 16.0. The predicted molar refractivity (Wildman–Crippen MR) is 516 cm³/mol. The minimum absolute atomic E-state index is 0.0105. The van der Waals surface area contributed by atoms with Crippen LogP contribution in [0.5, 0.6) is 0 Å². The van der Waals surface area contributed by atoms with Crippen LogP contribution in [0, 0.1) is 35.5 Å². The van der Waals surface area contributed by atoms with E-state index in [9.17, 15) is 67.1 Å². The average Bonchev–Trinajstić information content (AvgIpc) is 1.68. The number of aromatic amines is 1. The number of fused-ring (bicyclic) bond motifs is 1. The van der Waals surface area contributed by atoms with Crippen LogP contribution in [0.3, 0.4) is 0 Å². The quantitative estimate of drug-likeness (QED) is 0.0411. The van der Waals surface area contributed by atoms with E-state index in [1.54, 1.807) is 6.20 Å². The monoisotopic (exact) mass is 1880 g/mol. The lowest BCUT2D eigenvalue weighted by Crippen LogP contribution is -2.61. The van der Waals surface area contributed by atoms with Gasteiger partial charge in [-0.3, -0.25) is 71.9 Å². The van der Waals surface area contributed by atoms with Crippen molar-refractivity contribution in [2.75, 3.05) is 52.4 Å². The fourth-order valence-electron chi connectivity index (χ4n) is 16.2. The molecule has 1 saturated heterocycles. The lowest BCUT2D eigenvalue weighted by molar-refractivity contribution is -0.143. The number of hydrogen-bond acceptors (Lipinski definition) is 23. The number of nitrogens with two attached hydrogens (primary N) is 9. The molecule has 1 aromatic heterocycles. The van der Waals surface area contributed by atoms with Gasteiger partial charge in [0.15, 0.2) is 0 Å². The van der Waals surface area contributed by atoms with Gasteiger partial charge >= 0.3 is 0 Å². The van der Waals surface area contributed by atoms with Gasteiger partial charge in [-0.25, -0.2) is 0 Å². The standard InChI is InChI=1S/C94H170N24O15/c1-56(2)48-72(80(103)119)111-84(123)68(35-18-25-43-98)105-82(121)66(33-16-23-41-96)107-87(126)73(49-57(3)4)115-90(129)76(52-60(9)10)114-85(124)69(36-19-26-44-99)106-83(122)67(34-17-24-42-97)108-88(127)74(50-58(5)6)116-91(130)77(53-61(11)12)117-93(132)79-39-29-47-118(79)94(133)71(38-21-28-46-101)110-89(128)75(51-59(7)8)113-86(125)70(37-20-27-45-100)109-92(131)78(112-81(120)64(102)31-15-22-40-95)54-62-55-104-65-32-14-13-30-63(62)65/h13-14,30,32,55-61,64,66-79,104H,15-29,31,33-54,95-102H2,1-12H3,(H2,103,119)(H,105,121)(H,106,122)(H,107,126)(H,108,127)(H,109,131)(H,110,128)(H,111,123)(H,112,120)(H,113,125)(H,114,124)(H,115,129)(H,116,130)(H,117,132)/t64-,66-,67-,68-,69-,70-,71-,72-,73-,74-,75-,76-,77-,78-,79-/m0/s1. The fraction of sp³-hybridized carbons (Fsp3) is 0.755. The summed E-state index contributed by atoms with van der Waals surface area (Å²) in [6.45, 7) is 24.2. The maximum Gasteiger partial charge on any atom is 0.245 e. The molecular weight excluding hydrogens is 1710 g/mol. The van der Waals surface area contributed by atoms with Crippen molar-refractivity contribution in [1.29, 1.82) is 0 Å². The van der Waals surface area contributed by atoms with E-state index in [4.69, 9.17) is 51.6 Å². The fourth-order valence-corrected chi connectivity index (χ4v) is 16.2. The number of primary amides is 1. The average molecular weight is 1880 g/mol. The number of hydrogen-bond donors (Lipinski definition) is 23. The number of rotatable bonds is 70. The summed E-state index contributed by atoms with van der Waals surface area (Å²) in [6.07, 6.45) is 10.1. The molecule has 0 aliphatic carbocycles. The summed E-state index contributed by atoms with van der Waals surface area (Å²) in [5.41, 5.74) is 54.7. The largest absolute Gasteiger partial charge is 0.368 e. The molecule has 3 rings (SSSR count). The van der Waals surface area contributed by atoms with E-state index in [0.717, 1.165) is 16.5 Å². The van der Waals surface area contributed by atoms with Gasteiger partial charge in [-0.2, -0.15) is 0 Å². The summed E-state index contributed by atoms with van der Waals surface area (Å²) in [7, 11) is 0. The lowest BCUT2D eigenvalue weighted by atomic mass is 9.98. The Kier molecular flexibility index (Phi) is 57.0. The third-order valence-electron chi connectivity index (χ3n) is 23.4. The van der Waals surface area contributed by atoms with Crippen molar-refractivity contribution < 1.29 is 71.9 Å². The molecule has 0 bridgehead atoms. The number of likely N-dealkylation sites (tertiary alicyclic amines) is 1. The van der Waals surface area contributed by atoms with Crippen LogP contribution in [-0.4, -0.2) is 241 Å². The van der Waals surface area contributed by atoms with Crippen molar-refractivity contribution in [3.63, 3.8) is 0 Å². The number of benzene rings is 1. The van der Waals surface area contributed by atoms with Gasteiger partial charge in [0.2, 0.25) is 88.6 Å². The highest BCUT2D eigenvalue weighted by atomic mass is 16.2. The summed E-state index contributed by atoms with van der Waals surface area (Å²) in [4.78, 5) is 222. The smallest absolute Gasteiger partial charge is 0.245 e. The van der Waals surface area contributed by atoms with Gasteiger partial charge in [0, 0.05) is 30.1 Å². The Hall–Kier alpha value is -9.51. The first-order valence-corrected chi connectivity index (χ1v) is 48.9. The molecular formula is C94H170N24O15. The number of carbonyl (C=O) groups is 15. The molecule has 756 valence electrons. The third kappa shape index (κ3) is 44.7. The molecule has 133 heavy (non-hydrogen) atoms. The van der Waals surface area contributed by atoms with Crippen molar-refractivity contribution in [2.45, 2.75) is 366 Å². The van der Waals surface area contributed by atoms with Crippen molar-refractivity contribution in [1.82, 2.24) is 79.0 Å². The van der Waals surface area contributed by atoms with Gasteiger partial charge in [-0.15, -0.1) is 0 Å². The second kappa shape index (κ2) is 64.4. The van der Waals surface area contributed by atoms with Crippen LogP contribution in [-0.2, 0) is 78.3 Å². The first kappa shape index (κ1) is 118. The zero-order valence-corrected chi connectivity index (χ0v) is 81.6. The predicted octanol–water partition coefficient (Wildman–Crippen LogP) is 0.996. The number of amides is 15. The van der Waals surface area contributed by atoms with Crippen LogP contribution < -0.4 is 121 Å². The second-order valence-corrected chi connectivity index (χ2v) is 38.3. The van der Waals surface area contributed by atoms with Crippen LogP contribution >= 0.6 is 0 Å². The number of unbranched alkanes of at least 4 members (excludes halogenated alkanes) is 7. The molecule has 1 fully saturated rings. The Morgan fingerprint density at radius 1 is 0.323 bits per heavy atom. The maximum atomic E-state index is 15.2. The van der Waals surface area contributed by atoms with Crippen molar-refractivity contribution in [3.05, 3.63) is 36.0 Å². The van der Waals surface area contributed by atoms with E-state index in [1.165, 1.54) is 4.90 Å². The third-order valence-corrected chi connectivity index (χ3v) is 23.4. The molecule has 2 heterocycles. The van der Waals surface area contributed by atoms with Crippen molar-refractivity contribution in [2.24, 2.45) is 87.1 Å². The highest BCUT2D eigenvalue weighted by molar-refractivity contribution is 6.01. The summed E-state index contributed by atoms with van der Waals surface area (Å²) in [6, 6.07) is -10.6. The molecule has 2 aromatic rings. The Balaban J connectivity index is 1.96. The minimum Gasteiger partial charge on any atom is -0.368 e. The van der Waals surface area contributed by atoms with E-state index in [2.05, 4.69) is 74.1 Å². The molecule has 0 radical (unpaired) electrons. The summed E-state index contributed by atoms with van der Waals surface area (Å²) < 4.78 is 0. The SMILES string of the molecule is CC(C)C[C@H](NC(=O)[C@H](CCCCN)NC(=O)[C@H](CCCCN)NC(=O)[C@H](CC(C)C)NC(=O)[C@H](CC(C)C)NC(=O)[C@H](CCCCN)NC(=O)[C@H](CCCCN)NC(=O)[C@H](CC(C)C)NC(=O)[C@H](CC(C)C)NC(=O)[C@@H]1CCCN1C(=O)[C@H](CCCCN)NC(=O)[C@H](CC(C)C)NC(=O)[C@H](CCCCN)NC(=O)[C@H](Cc1c[nH]c2ccccc12)NC(=O)[C@@H](N)CCCCN)C(N)=O. The van der Waals surface area contributed by atoms with E-state index >= 15 is 4.79 Å². The molecule has 39 heteroatoms. The van der Waals surface area contributed by atoms with Gasteiger partial charge in [0.25, 0.3) is 0 Å². The number of carbonyl (C=O) groups excluding carboxylic acids is 15. The number of aromatic nitrogens is 1. The van der Waals surface area contributed by atoms with Crippen molar-refractivity contribution >= 4 is 99.5 Å². The van der Waals surface area contributed by atoms with Gasteiger partial charge < -0.3 is 131 Å². The zero-order chi connectivity index (χ0) is 99.4. The lowest BCUT2D eigenvalue weighted by Gasteiger charge is -2.32. The molecule has 39 nitrogen and oxygen atoms in total. The summed E-state index contributed by atoms with van der Waals surface area (Å²) >= 11 is 0. The Morgan fingerprint density at radius 3 is 0.895 bits per heavy atom. The summed E-state index contributed by atoms with van der Waals surface area (Å²) in [5, 5.41) is 37.7. The molecule has 1 aliphatic heterocycles. The molecule has 1 aromatic carbocycles. The Bertz CT molecular complexity index is 3900. The Labute approximate surface area is 788 Å². The Morgan fingerprint density at radius 2 is 0.579 bits per heavy atom. The molecule has 0 unspecified atom stereocenters. The minimum atomic E-state index is -1.32. The molecule has 1 aliphatic rings. The first-order chi connectivity index (χ1) is 63.2. The second-order valence-electron chi connectivity index (χ2n) is 38.3. The molecule has 32 N–H and O–H groups in total. The summed E-state index contributed by atoms with van der Waals surface area (Å²) in [5.74, 6) is -11.6. The molecule has 15 amide bonds. The van der Waals surface area contributed by atoms with E-state index in [-0.39, 0.29) is 165 Å². The maximum absolute atomic E-state index is 15.2. The van der Waals surface area contributed by atoms with Gasteiger partial charge in [0.05, 0.1) is 6.04 Å². The zero-order valence-electron chi connectivity index (χ0n) is 81.6. The van der Waals surface area contributed by atoms with Crippen LogP contribution in [0.4, 0.5) is 0 Å². The van der Waals surface area contributed by atoms with Gasteiger partial charge in [0.1, 0.15) is 84.6 Å². The number of H-pyrrole nitrogens is 1. The van der Waals surface area contributed by atoms with E-state index in [0.29, 0.717) is 116 Å². The van der Waals surface area contributed by atoms with Crippen LogP contribution in [0.2, 0.25) is 0 Å². The number of nitrogens with zero attached hydrogens (tertiary/aromatic N) is 1. The highest BCUT2D eigenvalue weighted by Crippen LogP contribution is 2.25. The molecule has 15 atom stereocenters. The van der Waals surface area contributed by atoms with Gasteiger partial charge in [-0.05, 0) is 273 Å². The molecule has 0 saturated carbocycles. The van der Waals surface area contributed by atoms with Gasteiger partial charge in [-0.1, -0.05) is 108 Å².